The summed E-state index contributed by atoms with van der Waals surface area (Å²) in [5.74, 6) is -0.667. The maximum absolute atomic E-state index is 13.7. The number of carbonyl (C=O) groups excluding carboxylic acids is 1. The van der Waals surface area contributed by atoms with Crippen LogP contribution in [0.4, 0.5) is 4.39 Å². The standard InChI is InChI=1S/C14H17FO3/c1-10(16)11-4-5-13(12(15)8-11)18-9-14(17)6-2-3-7-14/h4-5,8,17H,2-3,6-7,9H2,1H3. The molecule has 3 nitrogen and oxygen atoms in total. The van der Waals surface area contributed by atoms with E-state index >= 15 is 0 Å². The van der Waals surface area contributed by atoms with Gasteiger partial charge < -0.3 is 9.84 Å². The summed E-state index contributed by atoms with van der Waals surface area (Å²) in [5.41, 5.74) is -0.509. The van der Waals surface area contributed by atoms with Crippen LogP contribution in [-0.2, 0) is 0 Å². The molecule has 1 aliphatic carbocycles. The Morgan fingerprint density at radius 1 is 1.44 bits per heavy atom. The van der Waals surface area contributed by atoms with Crippen LogP contribution in [-0.4, -0.2) is 23.1 Å². The second-order valence-electron chi connectivity index (χ2n) is 4.92. The fourth-order valence-electron chi connectivity index (χ4n) is 2.23. The summed E-state index contributed by atoms with van der Waals surface area (Å²) in [7, 11) is 0. The monoisotopic (exact) mass is 252 g/mol. The second kappa shape index (κ2) is 5.06. The predicted molar refractivity (Wildman–Crippen MR) is 65.3 cm³/mol. The molecule has 0 spiro atoms. The summed E-state index contributed by atoms with van der Waals surface area (Å²) in [5, 5.41) is 10.1. The maximum atomic E-state index is 13.7. The largest absolute Gasteiger partial charge is 0.488 e. The van der Waals surface area contributed by atoms with Gasteiger partial charge in [0, 0.05) is 5.56 Å². The first-order chi connectivity index (χ1) is 8.50. The van der Waals surface area contributed by atoms with E-state index < -0.39 is 11.4 Å². The molecule has 1 aliphatic rings. The molecule has 1 aromatic carbocycles. The lowest BCUT2D eigenvalue weighted by Crippen LogP contribution is -2.32. The van der Waals surface area contributed by atoms with Crippen LogP contribution in [0, 0.1) is 5.82 Å². The van der Waals surface area contributed by atoms with Crippen LogP contribution in [0.1, 0.15) is 43.0 Å². The van der Waals surface area contributed by atoms with E-state index in [9.17, 15) is 14.3 Å². The Balaban J connectivity index is 2.03. The minimum atomic E-state index is -0.828. The van der Waals surface area contributed by atoms with Crippen molar-refractivity contribution in [2.24, 2.45) is 0 Å². The number of carbonyl (C=O) groups is 1. The molecular formula is C14H17FO3. The van der Waals surface area contributed by atoms with E-state index in [2.05, 4.69) is 0 Å². The topological polar surface area (TPSA) is 46.5 Å². The molecule has 0 atom stereocenters. The van der Waals surface area contributed by atoms with Crippen molar-refractivity contribution in [3.05, 3.63) is 29.6 Å². The molecule has 98 valence electrons. The molecule has 1 N–H and O–H groups in total. The molecule has 0 heterocycles. The Bertz CT molecular complexity index is 450. The molecule has 1 fully saturated rings. The fraction of sp³-hybridized carbons (Fsp3) is 0.500. The second-order valence-corrected chi connectivity index (χ2v) is 4.92. The van der Waals surface area contributed by atoms with Crippen LogP contribution < -0.4 is 4.74 Å². The zero-order chi connectivity index (χ0) is 13.2. The van der Waals surface area contributed by atoms with Crippen molar-refractivity contribution in [3.63, 3.8) is 0 Å². The summed E-state index contributed by atoms with van der Waals surface area (Å²) < 4.78 is 19.0. The number of ketones is 1. The zero-order valence-electron chi connectivity index (χ0n) is 10.4. The van der Waals surface area contributed by atoms with E-state index in [1.807, 2.05) is 0 Å². The summed E-state index contributed by atoms with van der Waals surface area (Å²) in [4.78, 5) is 11.1. The normalized spacial score (nSPS) is 17.7. The molecule has 0 radical (unpaired) electrons. The van der Waals surface area contributed by atoms with Gasteiger partial charge in [0.2, 0.25) is 0 Å². The molecule has 4 heteroatoms. The molecule has 2 rings (SSSR count). The van der Waals surface area contributed by atoms with Crippen LogP contribution in [0.3, 0.4) is 0 Å². The maximum Gasteiger partial charge on any atom is 0.165 e. The number of benzene rings is 1. The lowest BCUT2D eigenvalue weighted by atomic mass is 10.0. The number of rotatable bonds is 4. The molecule has 0 amide bonds. The van der Waals surface area contributed by atoms with Gasteiger partial charge >= 0.3 is 0 Å². The minimum absolute atomic E-state index is 0.0836. The van der Waals surface area contributed by atoms with Crippen molar-refractivity contribution in [2.45, 2.75) is 38.2 Å². The Labute approximate surface area is 106 Å². The molecule has 0 aliphatic heterocycles. The molecule has 1 saturated carbocycles. The van der Waals surface area contributed by atoms with Crippen LogP contribution in [0.5, 0.6) is 5.75 Å². The molecule has 0 unspecified atom stereocenters. The highest BCUT2D eigenvalue weighted by Gasteiger charge is 2.32. The van der Waals surface area contributed by atoms with Crippen LogP contribution in [0.2, 0.25) is 0 Å². The Kier molecular flexibility index (Phi) is 3.66. The molecular weight excluding hydrogens is 235 g/mol. The van der Waals surface area contributed by atoms with E-state index in [1.54, 1.807) is 0 Å². The lowest BCUT2D eigenvalue weighted by Gasteiger charge is -2.22. The summed E-state index contributed by atoms with van der Waals surface area (Å²) in [6.07, 6.45) is 3.34. The Hall–Kier alpha value is -1.42. The third-order valence-corrected chi connectivity index (χ3v) is 3.37. The summed E-state index contributed by atoms with van der Waals surface area (Å²) in [6.45, 7) is 1.49. The van der Waals surface area contributed by atoms with Gasteiger partial charge in [-0.25, -0.2) is 4.39 Å². The quantitative estimate of drug-likeness (QED) is 0.838. The number of ether oxygens (including phenoxy) is 1. The molecule has 1 aromatic rings. The highest BCUT2D eigenvalue weighted by Crippen LogP contribution is 2.30. The van der Waals surface area contributed by atoms with Gasteiger partial charge in [-0.15, -0.1) is 0 Å². The van der Waals surface area contributed by atoms with Crippen molar-refractivity contribution < 1.29 is 19.0 Å². The lowest BCUT2D eigenvalue weighted by molar-refractivity contribution is 0.000320. The third-order valence-electron chi connectivity index (χ3n) is 3.37. The van der Waals surface area contributed by atoms with Gasteiger partial charge in [0.25, 0.3) is 0 Å². The molecule has 0 saturated heterocycles. The van der Waals surface area contributed by atoms with Gasteiger partial charge in [0.15, 0.2) is 17.3 Å². The van der Waals surface area contributed by atoms with Crippen LogP contribution in [0.15, 0.2) is 18.2 Å². The minimum Gasteiger partial charge on any atom is -0.488 e. The van der Waals surface area contributed by atoms with Crippen LogP contribution >= 0.6 is 0 Å². The SMILES string of the molecule is CC(=O)c1ccc(OCC2(O)CCCC2)c(F)c1. The average molecular weight is 252 g/mol. The molecule has 18 heavy (non-hydrogen) atoms. The van der Waals surface area contributed by atoms with Gasteiger partial charge in [-0.1, -0.05) is 12.8 Å². The van der Waals surface area contributed by atoms with E-state index in [-0.39, 0.29) is 18.1 Å². The van der Waals surface area contributed by atoms with Gasteiger partial charge in [-0.05, 0) is 38.0 Å². The third kappa shape index (κ3) is 2.88. The van der Waals surface area contributed by atoms with Crippen molar-refractivity contribution in [3.8, 4) is 5.75 Å². The van der Waals surface area contributed by atoms with Crippen molar-refractivity contribution >= 4 is 5.78 Å². The Morgan fingerprint density at radius 3 is 2.67 bits per heavy atom. The van der Waals surface area contributed by atoms with Crippen molar-refractivity contribution in [2.75, 3.05) is 6.61 Å². The number of halogens is 1. The number of aliphatic hydroxyl groups is 1. The smallest absolute Gasteiger partial charge is 0.165 e. The first-order valence-electron chi connectivity index (χ1n) is 6.16. The van der Waals surface area contributed by atoms with Gasteiger partial charge in [0.05, 0.1) is 5.60 Å². The fourth-order valence-corrected chi connectivity index (χ4v) is 2.23. The highest BCUT2D eigenvalue weighted by atomic mass is 19.1. The van der Waals surface area contributed by atoms with E-state index in [1.165, 1.54) is 19.1 Å². The number of hydrogen-bond donors (Lipinski definition) is 1. The zero-order valence-corrected chi connectivity index (χ0v) is 10.4. The van der Waals surface area contributed by atoms with Gasteiger partial charge in [0.1, 0.15) is 6.61 Å². The van der Waals surface area contributed by atoms with Gasteiger partial charge in [-0.3, -0.25) is 4.79 Å². The average Bonchev–Trinajstić information content (AvgIpc) is 2.75. The molecule has 0 bridgehead atoms. The number of hydrogen-bond acceptors (Lipinski definition) is 3. The first kappa shape index (κ1) is 13.0. The van der Waals surface area contributed by atoms with Crippen LogP contribution in [0.25, 0.3) is 0 Å². The predicted octanol–water partition coefficient (Wildman–Crippen LogP) is 2.71. The van der Waals surface area contributed by atoms with Gasteiger partial charge in [-0.2, -0.15) is 0 Å². The Morgan fingerprint density at radius 2 is 2.11 bits per heavy atom. The van der Waals surface area contributed by atoms with E-state index in [0.29, 0.717) is 18.4 Å². The van der Waals surface area contributed by atoms with E-state index in [4.69, 9.17) is 4.74 Å². The summed E-state index contributed by atoms with van der Waals surface area (Å²) in [6, 6.07) is 4.13. The van der Waals surface area contributed by atoms with Crippen molar-refractivity contribution in [1.82, 2.24) is 0 Å². The highest BCUT2D eigenvalue weighted by molar-refractivity contribution is 5.94. The molecule has 0 aromatic heterocycles. The van der Waals surface area contributed by atoms with Crippen molar-refractivity contribution in [1.29, 1.82) is 0 Å². The summed E-state index contributed by atoms with van der Waals surface area (Å²) >= 11 is 0. The van der Waals surface area contributed by atoms with E-state index in [0.717, 1.165) is 18.9 Å². The number of Topliss-reactive ketones (excluding diaryl/α,β-unsaturated/α-hetero) is 1. The first-order valence-corrected chi connectivity index (χ1v) is 6.16.